The van der Waals surface area contributed by atoms with Gasteiger partial charge >= 0.3 is 0 Å². The number of likely N-dealkylation sites (tertiary alicyclic amines) is 1. The molecule has 2 heterocycles. The maximum Gasteiger partial charge on any atom is 0.243 e. The summed E-state index contributed by atoms with van der Waals surface area (Å²) in [6, 6.07) is 13.1. The summed E-state index contributed by atoms with van der Waals surface area (Å²) in [6.45, 7) is 8.37. The van der Waals surface area contributed by atoms with Crippen molar-refractivity contribution in [1.82, 2.24) is 15.5 Å². The smallest absolute Gasteiger partial charge is 0.243 e. The molecule has 3 atom stereocenters. The van der Waals surface area contributed by atoms with Gasteiger partial charge in [0.05, 0.1) is 6.54 Å². The van der Waals surface area contributed by atoms with E-state index in [0.29, 0.717) is 31.5 Å². The number of amidine groups is 1. The topological polar surface area (TPSA) is 138 Å². The molecule has 2 aromatic rings. The molecule has 0 aliphatic carbocycles. The lowest BCUT2D eigenvalue weighted by molar-refractivity contribution is -0.138. The van der Waals surface area contributed by atoms with E-state index in [-0.39, 0.29) is 41.3 Å². The second kappa shape index (κ2) is 17.1. The lowest BCUT2D eigenvalue weighted by atomic mass is 10.1. The predicted octanol–water partition coefficient (Wildman–Crippen LogP) is 4.51. The Morgan fingerprint density at radius 3 is 2.34 bits per heavy atom. The predicted molar refractivity (Wildman–Crippen MR) is 161 cm³/mol. The van der Waals surface area contributed by atoms with Crippen molar-refractivity contribution in [2.45, 2.75) is 64.3 Å². The molecule has 222 valence electrons. The highest BCUT2D eigenvalue weighted by molar-refractivity contribution is 8.03. The molecule has 41 heavy (non-hydrogen) atoms. The molecule has 4 rings (SSSR count). The maximum absolute atomic E-state index is 12.6. The van der Waals surface area contributed by atoms with Gasteiger partial charge in [-0.1, -0.05) is 31.5 Å². The number of nitrogens with two attached hydrogens (primary N) is 1. The van der Waals surface area contributed by atoms with E-state index in [1.165, 1.54) is 22.6 Å². The van der Waals surface area contributed by atoms with Gasteiger partial charge in [0, 0.05) is 23.4 Å². The van der Waals surface area contributed by atoms with Crippen molar-refractivity contribution in [3.63, 3.8) is 0 Å². The minimum Gasteiger partial charge on any atom is -0.457 e. The molecular weight excluding hydrogens is 545 g/mol. The van der Waals surface area contributed by atoms with Gasteiger partial charge in [0.2, 0.25) is 18.2 Å². The zero-order chi connectivity index (χ0) is 30.4. The second-order valence-electron chi connectivity index (χ2n) is 9.35. The first-order valence-electron chi connectivity index (χ1n) is 13.6. The number of hydrogen-bond acceptors (Lipinski definition) is 6. The lowest BCUT2D eigenvalue weighted by Gasteiger charge is -2.27. The number of nitrogens with zero attached hydrogens (tertiary/aromatic N) is 1. The van der Waals surface area contributed by atoms with E-state index < -0.39 is 6.04 Å². The van der Waals surface area contributed by atoms with E-state index >= 15 is 0 Å². The Bertz CT molecular complexity index is 1150. The van der Waals surface area contributed by atoms with Crippen LogP contribution in [0.15, 0.2) is 59.5 Å². The Morgan fingerprint density at radius 1 is 1.17 bits per heavy atom. The Morgan fingerprint density at radius 2 is 1.78 bits per heavy atom. The number of aryl methyl sites for hydroxylation is 1. The number of hydrogen-bond donors (Lipinski definition) is 4. The zero-order valence-electron chi connectivity index (χ0n) is 24.0. The van der Waals surface area contributed by atoms with Crippen LogP contribution in [0.25, 0.3) is 0 Å². The van der Waals surface area contributed by atoms with E-state index in [4.69, 9.17) is 15.9 Å². The molecule has 0 saturated carbocycles. The molecule has 9 nitrogen and oxygen atoms in total. The molecule has 2 unspecified atom stereocenters. The van der Waals surface area contributed by atoms with Crippen LogP contribution in [0, 0.1) is 18.2 Å². The third-order valence-electron chi connectivity index (χ3n) is 6.36. The van der Waals surface area contributed by atoms with Crippen LogP contribution in [0.4, 0.5) is 4.39 Å². The van der Waals surface area contributed by atoms with Gasteiger partial charge in [-0.2, -0.15) is 0 Å². The van der Waals surface area contributed by atoms with Crippen LogP contribution in [-0.2, 0) is 14.4 Å². The Balaban J connectivity index is 0.000000296. The van der Waals surface area contributed by atoms with Crippen molar-refractivity contribution >= 4 is 35.8 Å². The fourth-order valence-corrected chi connectivity index (χ4v) is 5.32. The molecule has 2 aliphatic heterocycles. The van der Waals surface area contributed by atoms with Crippen molar-refractivity contribution in [1.29, 1.82) is 5.41 Å². The van der Waals surface area contributed by atoms with E-state index in [1.807, 2.05) is 57.4 Å². The van der Waals surface area contributed by atoms with Gasteiger partial charge in [0.15, 0.2) is 0 Å². The summed E-state index contributed by atoms with van der Waals surface area (Å²) in [4.78, 5) is 36.4. The van der Waals surface area contributed by atoms with Crippen LogP contribution in [0.5, 0.6) is 11.5 Å². The van der Waals surface area contributed by atoms with Crippen molar-refractivity contribution < 1.29 is 23.5 Å². The lowest BCUT2D eigenvalue weighted by Crippen LogP contribution is -2.51. The molecular formula is C30H40FN5O4S. The number of halogens is 1. The molecule has 0 spiro atoms. The standard InChI is InChI=1S/C15H23N5O3S.C13H11FO.C2H6/c1-9(12-5-10(7-24-12)14(16)17)19-15(23)11-3-2-4-20(11)13(22)6-18-8-21;1-10-2-6-12(7-3-10)15-13-8-4-11(14)5-9-13;1-2/h7-9,11-12H,2-6H2,1H3,(H3,16,17)(H,18,21)(H,19,23);2-9H,1H3;1-2H3/t9-,11?,12?;;/m1../s1. The van der Waals surface area contributed by atoms with E-state index in [9.17, 15) is 18.8 Å². The number of carbonyl (C=O) groups is 3. The summed E-state index contributed by atoms with van der Waals surface area (Å²) in [5.41, 5.74) is 7.47. The average molecular weight is 586 g/mol. The summed E-state index contributed by atoms with van der Waals surface area (Å²) in [5.74, 6) is 0.789. The summed E-state index contributed by atoms with van der Waals surface area (Å²) in [6.07, 6.45) is 2.52. The van der Waals surface area contributed by atoms with E-state index in [2.05, 4.69) is 10.6 Å². The van der Waals surface area contributed by atoms with Crippen molar-refractivity contribution in [3.8, 4) is 11.5 Å². The minimum atomic E-state index is -0.486. The van der Waals surface area contributed by atoms with Gasteiger partial charge in [-0.3, -0.25) is 19.8 Å². The van der Waals surface area contributed by atoms with Gasteiger partial charge in [-0.05, 0) is 74.9 Å². The van der Waals surface area contributed by atoms with Crippen molar-refractivity contribution in [2.75, 3.05) is 13.1 Å². The highest BCUT2D eigenvalue weighted by Gasteiger charge is 2.35. The molecule has 1 fully saturated rings. The monoisotopic (exact) mass is 585 g/mol. The quantitative estimate of drug-likeness (QED) is 0.194. The molecule has 3 amide bonds. The van der Waals surface area contributed by atoms with Crippen LogP contribution < -0.4 is 21.1 Å². The fourth-order valence-electron chi connectivity index (χ4n) is 4.18. The van der Waals surface area contributed by atoms with Gasteiger partial charge in [-0.25, -0.2) is 4.39 Å². The normalized spacial score (nSPS) is 18.0. The Labute approximate surface area is 245 Å². The first-order chi connectivity index (χ1) is 19.7. The number of nitrogens with one attached hydrogen (secondary N) is 3. The molecule has 2 aliphatic rings. The number of thioether (sulfide) groups is 1. The highest BCUT2D eigenvalue weighted by Crippen LogP contribution is 2.32. The Kier molecular flexibility index (Phi) is 13.9. The van der Waals surface area contributed by atoms with Crippen LogP contribution >= 0.6 is 11.8 Å². The van der Waals surface area contributed by atoms with Crippen LogP contribution in [0.3, 0.4) is 0 Å². The van der Waals surface area contributed by atoms with Crippen molar-refractivity contribution in [3.05, 3.63) is 70.9 Å². The summed E-state index contributed by atoms with van der Waals surface area (Å²) in [7, 11) is 0. The molecule has 2 aromatic carbocycles. The molecule has 0 bridgehead atoms. The maximum atomic E-state index is 12.6. The van der Waals surface area contributed by atoms with Crippen LogP contribution in [-0.4, -0.2) is 59.4 Å². The summed E-state index contributed by atoms with van der Waals surface area (Å²) in [5, 5.41) is 14.8. The third kappa shape index (κ3) is 10.6. The number of benzene rings is 2. The van der Waals surface area contributed by atoms with E-state index in [1.54, 1.807) is 23.9 Å². The second-order valence-corrected chi connectivity index (χ2v) is 10.5. The molecule has 0 aromatic heterocycles. The summed E-state index contributed by atoms with van der Waals surface area (Å²) >= 11 is 1.56. The average Bonchev–Trinajstić information content (AvgIpc) is 3.67. The largest absolute Gasteiger partial charge is 0.457 e. The SMILES string of the molecule is CC.C[C@@H](NC(=O)C1CCCN1C(=O)CNC=O)C1CC(C(=N)N)=CS1.Cc1ccc(Oc2ccc(F)cc2)cc1. The minimum absolute atomic E-state index is 0.0683. The molecule has 1 saturated heterocycles. The fraction of sp³-hybridized carbons (Fsp3) is 0.400. The zero-order valence-corrected chi connectivity index (χ0v) is 24.8. The highest BCUT2D eigenvalue weighted by atomic mass is 32.2. The van der Waals surface area contributed by atoms with Gasteiger partial charge < -0.3 is 26.0 Å². The van der Waals surface area contributed by atoms with Crippen molar-refractivity contribution in [2.24, 2.45) is 5.73 Å². The van der Waals surface area contributed by atoms with E-state index in [0.717, 1.165) is 17.7 Å². The summed E-state index contributed by atoms with van der Waals surface area (Å²) < 4.78 is 18.1. The number of carbonyl (C=O) groups excluding carboxylic acids is 3. The van der Waals surface area contributed by atoms with Gasteiger partial charge in [0.25, 0.3) is 0 Å². The molecule has 5 N–H and O–H groups in total. The first kappa shape index (κ1) is 33.3. The molecule has 0 radical (unpaired) electrons. The Hall–Kier alpha value is -3.86. The van der Waals surface area contributed by atoms with Crippen LogP contribution in [0.1, 0.15) is 45.6 Å². The van der Waals surface area contributed by atoms with Gasteiger partial charge in [-0.15, -0.1) is 11.8 Å². The number of ether oxygens (including phenoxy) is 1. The number of amides is 3. The van der Waals surface area contributed by atoms with Crippen LogP contribution in [0.2, 0.25) is 0 Å². The first-order valence-corrected chi connectivity index (χ1v) is 14.6. The third-order valence-corrected chi connectivity index (χ3v) is 7.71. The number of rotatable bonds is 9. The van der Waals surface area contributed by atoms with Gasteiger partial charge in [0.1, 0.15) is 29.2 Å². The molecule has 11 heteroatoms.